The number of hydrogen-bond donors (Lipinski definition) is 2. The number of alkyl carbamates (subject to hydrolysis) is 1. The molecule has 1 heterocycles. The van der Waals surface area contributed by atoms with Crippen LogP contribution < -0.4 is 5.32 Å². The molecule has 2 fully saturated rings. The van der Waals surface area contributed by atoms with E-state index in [0.717, 1.165) is 31.4 Å². The average molecular weight is 427 g/mol. The fourth-order valence-electron chi connectivity index (χ4n) is 6.12. The molecule has 2 bridgehead atoms. The maximum atomic E-state index is 13.6. The number of phenols is 1. The summed E-state index contributed by atoms with van der Waals surface area (Å²) in [5.74, 6) is 0.764. The van der Waals surface area contributed by atoms with Crippen LogP contribution in [0.25, 0.3) is 0 Å². The topological polar surface area (TPSA) is 78.9 Å². The molecule has 1 saturated heterocycles. The summed E-state index contributed by atoms with van der Waals surface area (Å²) in [7, 11) is 0. The molecule has 0 radical (unpaired) electrons. The number of fused-ring (bicyclic) bond motifs is 4. The van der Waals surface area contributed by atoms with E-state index in [-0.39, 0.29) is 34.7 Å². The molecule has 31 heavy (non-hydrogen) atoms. The lowest BCUT2D eigenvalue weighted by atomic mass is 9.51. The molecule has 4 rings (SSSR count). The zero-order chi connectivity index (χ0) is 22.6. The molecule has 3 aliphatic rings. The number of nitrogens with one attached hydrogen (secondary N) is 1. The number of likely N-dealkylation sites (tertiary alicyclic amines) is 1. The summed E-state index contributed by atoms with van der Waals surface area (Å²) in [6, 6.07) is 5.80. The van der Waals surface area contributed by atoms with Crippen molar-refractivity contribution in [2.24, 2.45) is 11.3 Å². The monoisotopic (exact) mass is 426 g/mol. The second-order valence-electron chi connectivity index (χ2n) is 10.3. The minimum atomic E-state index is -0.500. The minimum absolute atomic E-state index is 0.0416. The van der Waals surface area contributed by atoms with E-state index in [9.17, 15) is 14.7 Å². The number of aromatic hydroxyl groups is 1. The van der Waals surface area contributed by atoms with Crippen LogP contribution in [0.3, 0.4) is 0 Å². The molecule has 2 amide bonds. The summed E-state index contributed by atoms with van der Waals surface area (Å²) in [4.78, 5) is 27.6. The summed E-state index contributed by atoms with van der Waals surface area (Å²) in [5.41, 5.74) is 2.01. The molecule has 1 aromatic rings. The van der Waals surface area contributed by atoms with Crippen molar-refractivity contribution in [3.8, 4) is 5.75 Å². The summed E-state index contributed by atoms with van der Waals surface area (Å²) in [6.45, 7) is 12.7. The number of piperidine rings is 1. The average Bonchev–Trinajstić information content (AvgIpc) is 3.12. The molecule has 2 aliphatic carbocycles. The van der Waals surface area contributed by atoms with Gasteiger partial charge in [0, 0.05) is 30.0 Å². The second-order valence-corrected chi connectivity index (χ2v) is 10.3. The zero-order valence-corrected chi connectivity index (χ0v) is 19.0. The van der Waals surface area contributed by atoms with E-state index in [1.54, 1.807) is 13.0 Å². The van der Waals surface area contributed by atoms with Crippen LogP contribution in [-0.2, 0) is 21.4 Å². The molecule has 6 nitrogen and oxygen atoms in total. The van der Waals surface area contributed by atoms with Crippen LogP contribution in [0.4, 0.5) is 4.79 Å². The molecule has 6 heteroatoms. The molecule has 2 N–H and O–H groups in total. The van der Waals surface area contributed by atoms with E-state index in [1.165, 1.54) is 5.56 Å². The van der Waals surface area contributed by atoms with Crippen LogP contribution in [0.5, 0.6) is 5.75 Å². The smallest absolute Gasteiger partial charge is 0.412 e. The predicted molar refractivity (Wildman–Crippen MR) is 119 cm³/mol. The minimum Gasteiger partial charge on any atom is -0.508 e. The van der Waals surface area contributed by atoms with Crippen LogP contribution >= 0.6 is 0 Å². The third-order valence-electron chi connectivity index (χ3n) is 8.28. The van der Waals surface area contributed by atoms with Gasteiger partial charge in [-0.2, -0.15) is 0 Å². The molecule has 168 valence electrons. The number of carbonyl (C=O) groups excluding carboxylic acids is 2. The lowest BCUT2D eigenvalue weighted by Crippen LogP contribution is -2.65. The summed E-state index contributed by atoms with van der Waals surface area (Å²) in [6.07, 6.45) is 3.21. The number of carbonyl (C=O) groups is 2. The van der Waals surface area contributed by atoms with Gasteiger partial charge in [0.25, 0.3) is 0 Å². The summed E-state index contributed by atoms with van der Waals surface area (Å²) in [5, 5.41) is 13.4. The fraction of sp³-hybridized carbons (Fsp3) is 0.600. The largest absolute Gasteiger partial charge is 0.508 e. The van der Waals surface area contributed by atoms with Gasteiger partial charge in [-0.1, -0.05) is 39.5 Å². The van der Waals surface area contributed by atoms with Gasteiger partial charge in [-0.25, -0.2) is 4.79 Å². The predicted octanol–water partition coefficient (Wildman–Crippen LogP) is 4.26. The van der Waals surface area contributed by atoms with Gasteiger partial charge in [0.2, 0.25) is 5.91 Å². The molecule has 4 atom stereocenters. The second kappa shape index (κ2) is 7.57. The van der Waals surface area contributed by atoms with Crippen LogP contribution in [0.15, 0.2) is 30.5 Å². The molecule has 0 aromatic heterocycles. The van der Waals surface area contributed by atoms with Crippen molar-refractivity contribution in [2.75, 3.05) is 6.54 Å². The van der Waals surface area contributed by atoms with E-state index >= 15 is 0 Å². The standard InChI is InChI=1S/C25H34N2O4/c1-15(2)31-23(30)26-17-10-9-16(13-17)22(29)27-12-11-25(5)19-7-6-8-20(28)18(19)14-21(27)24(25,3)4/h6-8,16-17,21,28H,1,9-14H2,2-5H3,(H,26,30)/t16-,17-,21-,25+/m1/s1. The number of phenolic OH excluding ortho intramolecular Hbond substituents is 1. The Hall–Kier alpha value is -2.50. The number of benzene rings is 1. The highest BCUT2D eigenvalue weighted by Crippen LogP contribution is 2.57. The van der Waals surface area contributed by atoms with Crippen molar-refractivity contribution in [3.05, 3.63) is 41.7 Å². The third-order valence-corrected chi connectivity index (χ3v) is 8.28. The molecule has 1 saturated carbocycles. The van der Waals surface area contributed by atoms with Crippen molar-refractivity contribution in [1.82, 2.24) is 10.2 Å². The Morgan fingerprint density at radius 2 is 2.00 bits per heavy atom. The Kier molecular flexibility index (Phi) is 5.31. The van der Waals surface area contributed by atoms with Gasteiger partial charge >= 0.3 is 6.09 Å². The zero-order valence-electron chi connectivity index (χ0n) is 19.0. The van der Waals surface area contributed by atoms with Crippen LogP contribution in [0.1, 0.15) is 64.5 Å². The molecule has 0 unspecified atom stereocenters. The Morgan fingerprint density at radius 3 is 2.71 bits per heavy atom. The van der Waals surface area contributed by atoms with Crippen LogP contribution in [0, 0.1) is 11.3 Å². The van der Waals surface area contributed by atoms with Gasteiger partial charge in [0.15, 0.2) is 0 Å². The molecular formula is C25H34N2O4. The van der Waals surface area contributed by atoms with Gasteiger partial charge in [0.05, 0.1) is 5.76 Å². The van der Waals surface area contributed by atoms with Crippen molar-refractivity contribution in [2.45, 2.75) is 77.3 Å². The van der Waals surface area contributed by atoms with Gasteiger partial charge in [-0.05, 0) is 61.6 Å². The molecule has 0 spiro atoms. The highest BCUT2D eigenvalue weighted by Gasteiger charge is 2.57. The summed E-state index contributed by atoms with van der Waals surface area (Å²) >= 11 is 0. The quantitative estimate of drug-likeness (QED) is 0.708. The molecule has 1 aromatic carbocycles. The number of amides is 2. The van der Waals surface area contributed by atoms with Crippen molar-refractivity contribution < 1.29 is 19.4 Å². The van der Waals surface area contributed by atoms with E-state index < -0.39 is 6.09 Å². The van der Waals surface area contributed by atoms with Gasteiger partial charge in [0.1, 0.15) is 5.75 Å². The maximum absolute atomic E-state index is 13.6. The first-order chi connectivity index (χ1) is 14.5. The highest BCUT2D eigenvalue weighted by atomic mass is 16.6. The highest BCUT2D eigenvalue weighted by molar-refractivity contribution is 5.80. The van der Waals surface area contributed by atoms with E-state index in [1.807, 2.05) is 6.07 Å². The van der Waals surface area contributed by atoms with Gasteiger partial charge < -0.3 is 20.1 Å². The first-order valence-corrected chi connectivity index (χ1v) is 11.3. The van der Waals surface area contributed by atoms with Crippen molar-refractivity contribution in [3.63, 3.8) is 0 Å². The maximum Gasteiger partial charge on any atom is 0.412 e. The Labute approximate surface area is 184 Å². The SMILES string of the molecule is C=C(C)OC(=O)N[C@@H]1CC[C@@H](C(=O)N2CC[C@@]3(C)c4cccc(O)c4C[C@@H]2C3(C)C)C1. The molecule has 1 aliphatic heterocycles. The Balaban J connectivity index is 1.52. The van der Waals surface area contributed by atoms with Crippen LogP contribution in [-0.4, -0.2) is 40.6 Å². The van der Waals surface area contributed by atoms with Gasteiger partial charge in [-0.3, -0.25) is 4.79 Å². The first kappa shape index (κ1) is 21.7. The van der Waals surface area contributed by atoms with E-state index in [0.29, 0.717) is 24.4 Å². The lowest BCUT2D eigenvalue weighted by molar-refractivity contribution is -0.148. The third kappa shape index (κ3) is 3.50. The van der Waals surface area contributed by atoms with Crippen LogP contribution in [0.2, 0.25) is 0 Å². The normalized spacial score (nSPS) is 31.0. The molecular weight excluding hydrogens is 392 g/mol. The number of rotatable bonds is 3. The number of allylic oxidation sites excluding steroid dienone is 1. The lowest BCUT2D eigenvalue weighted by Gasteiger charge is -2.61. The van der Waals surface area contributed by atoms with E-state index in [4.69, 9.17) is 4.74 Å². The van der Waals surface area contributed by atoms with Crippen molar-refractivity contribution in [1.29, 1.82) is 0 Å². The first-order valence-electron chi connectivity index (χ1n) is 11.3. The Bertz CT molecular complexity index is 924. The number of ether oxygens (including phenoxy) is 1. The fourth-order valence-corrected chi connectivity index (χ4v) is 6.12. The Morgan fingerprint density at radius 1 is 1.26 bits per heavy atom. The number of nitrogens with zero attached hydrogens (tertiary/aromatic N) is 1. The van der Waals surface area contributed by atoms with Gasteiger partial charge in [-0.15, -0.1) is 0 Å². The van der Waals surface area contributed by atoms with E-state index in [2.05, 4.69) is 43.6 Å². The number of hydrogen-bond acceptors (Lipinski definition) is 4. The summed E-state index contributed by atoms with van der Waals surface area (Å²) < 4.78 is 5.00. The van der Waals surface area contributed by atoms with Crippen molar-refractivity contribution >= 4 is 12.0 Å².